The first-order chi connectivity index (χ1) is 14.0. The van der Waals surface area contributed by atoms with Gasteiger partial charge >= 0.3 is 6.36 Å². The maximum atomic E-state index is 12.8. The van der Waals surface area contributed by atoms with Gasteiger partial charge < -0.3 is 20.9 Å². The lowest BCUT2D eigenvalue weighted by molar-refractivity contribution is -0.274. The second-order valence-electron chi connectivity index (χ2n) is 7.45. The number of thiophene rings is 1. The fourth-order valence-electron chi connectivity index (χ4n) is 2.29. The van der Waals surface area contributed by atoms with E-state index < -0.39 is 45.3 Å². The van der Waals surface area contributed by atoms with Crippen LogP contribution in [0, 0.1) is 5.41 Å². The van der Waals surface area contributed by atoms with E-state index in [1.165, 1.54) is 0 Å². The highest BCUT2D eigenvalue weighted by Gasteiger charge is 2.33. The van der Waals surface area contributed by atoms with Crippen LogP contribution in [0.3, 0.4) is 0 Å². The zero-order chi connectivity index (χ0) is 23.8. The Morgan fingerprint density at radius 2 is 1.71 bits per heavy atom. The minimum Gasteiger partial charge on any atom is -0.406 e. The Hall–Kier alpha value is -2.64. The van der Waals surface area contributed by atoms with E-state index in [2.05, 4.69) is 10.1 Å². The summed E-state index contributed by atoms with van der Waals surface area (Å²) in [5, 5.41) is 12.2. The number of aliphatic hydroxyl groups is 1. The van der Waals surface area contributed by atoms with Gasteiger partial charge in [-0.25, -0.2) is 8.42 Å². The largest absolute Gasteiger partial charge is 0.573 e. The van der Waals surface area contributed by atoms with Crippen molar-refractivity contribution in [3.05, 3.63) is 35.9 Å². The van der Waals surface area contributed by atoms with Gasteiger partial charge in [-0.15, -0.1) is 24.5 Å². The number of rotatable bonds is 6. The van der Waals surface area contributed by atoms with E-state index in [-0.39, 0.29) is 19.7 Å². The molecular weight excluding hydrogens is 461 g/mol. The standard InChI is InChI=1S/C18H19F3N2O6S2/c1-17(2,3)13(24)15(26)23-16-11(14(22)25)8-12(30-16)31(27,28)10-6-4-9(5-7-10)29-18(19,20)21/h4-8,13,24H,1-3H3,(H2,22,25)(H,23,26). The van der Waals surface area contributed by atoms with Crippen LogP contribution >= 0.6 is 11.3 Å². The summed E-state index contributed by atoms with van der Waals surface area (Å²) in [6.45, 7) is 4.80. The molecule has 0 aliphatic rings. The summed E-state index contributed by atoms with van der Waals surface area (Å²) in [6, 6.07) is 4.40. The van der Waals surface area contributed by atoms with E-state index in [4.69, 9.17) is 5.73 Å². The summed E-state index contributed by atoms with van der Waals surface area (Å²) < 4.78 is 65.8. The number of ether oxygens (including phenoxy) is 1. The fourth-order valence-corrected chi connectivity index (χ4v) is 5.06. The number of nitrogens with one attached hydrogen (secondary N) is 1. The molecule has 1 aromatic carbocycles. The monoisotopic (exact) mass is 480 g/mol. The molecule has 4 N–H and O–H groups in total. The molecule has 1 aromatic heterocycles. The smallest absolute Gasteiger partial charge is 0.406 e. The number of aliphatic hydroxyl groups excluding tert-OH is 1. The normalized spacial score (nSPS) is 13.5. The molecule has 0 radical (unpaired) electrons. The van der Waals surface area contributed by atoms with Crippen LogP contribution in [0.25, 0.3) is 0 Å². The molecule has 0 aliphatic heterocycles. The summed E-state index contributed by atoms with van der Waals surface area (Å²) in [5.74, 6) is -2.50. The Balaban J connectivity index is 2.39. The number of primary amides is 1. The fraction of sp³-hybridized carbons (Fsp3) is 0.333. The first-order valence-corrected chi connectivity index (χ1v) is 10.9. The van der Waals surface area contributed by atoms with Crippen molar-refractivity contribution < 1.29 is 41.0 Å². The molecule has 0 spiro atoms. The predicted octanol–water partition coefficient (Wildman–Crippen LogP) is 2.92. The SMILES string of the molecule is CC(C)(C)C(O)C(=O)Nc1sc(S(=O)(=O)c2ccc(OC(F)(F)F)cc2)cc1C(N)=O. The molecule has 1 heterocycles. The van der Waals surface area contributed by atoms with Gasteiger partial charge in [0.15, 0.2) is 0 Å². The first kappa shape index (κ1) is 24.6. The van der Waals surface area contributed by atoms with Crippen LogP contribution in [0.5, 0.6) is 5.75 Å². The molecule has 1 unspecified atom stereocenters. The molecule has 0 fully saturated rings. The number of amides is 2. The van der Waals surface area contributed by atoms with Gasteiger partial charge in [0.05, 0.1) is 10.5 Å². The molecule has 8 nitrogen and oxygen atoms in total. The van der Waals surface area contributed by atoms with Gasteiger partial charge in [0, 0.05) is 0 Å². The van der Waals surface area contributed by atoms with Crippen LogP contribution < -0.4 is 15.8 Å². The van der Waals surface area contributed by atoms with Gasteiger partial charge in [-0.3, -0.25) is 9.59 Å². The number of benzene rings is 1. The van der Waals surface area contributed by atoms with Crippen LogP contribution in [0.1, 0.15) is 31.1 Å². The van der Waals surface area contributed by atoms with Crippen LogP contribution in [0.4, 0.5) is 18.2 Å². The van der Waals surface area contributed by atoms with E-state index in [1.807, 2.05) is 0 Å². The molecule has 0 saturated heterocycles. The number of anilines is 1. The number of hydrogen-bond donors (Lipinski definition) is 3. The third kappa shape index (κ3) is 5.95. The Bertz CT molecular complexity index is 1090. The minimum absolute atomic E-state index is 0.184. The molecule has 2 rings (SSSR count). The van der Waals surface area contributed by atoms with Crippen LogP contribution in [-0.4, -0.2) is 37.8 Å². The van der Waals surface area contributed by atoms with Gasteiger partial charge in [0.1, 0.15) is 21.1 Å². The quantitative estimate of drug-likeness (QED) is 0.582. The Morgan fingerprint density at radius 1 is 1.16 bits per heavy atom. The van der Waals surface area contributed by atoms with Gasteiger partial charge in [-0.2, -0.15) is 0 Å². The number of hydrogen-bond acceptors (Lipinski definition) is 7. The third-order valence-electron chi connectivity index (χ3n) is 3.91. The average molecular weight is 480 g/mol. The number of halogens is 3. The molecule has 170 valence electrons. The van der Waals surface area contributed by atoms with Crippen molar-refractivity contribution >= 4 is 38.0 Å². The number of nitrogens with two attached hydrogens (primary N) is 1. The lowest BCUT2D eigenvalue weighted by Crippen LogP contribution is -2.38. The third-order valence-corrected chi connectivity index (χ3v) is 7.21. The van der Waals surface area contributed by atoms with Crippen molar-refractivity contribution in [2.45, 2.75) is 42.3 Å². The Labute approximate surface area is 179 Å². The molecule has 0 bridgehead atoms. The highest BCUT2D eigenvalue weighted by atomic mass is 32.2. The topological polar surface area (TPSA) is 136 Å². The molecule has 2 amide bonds. The zero-order valence-electron chi connectivity index (χ0n) is 16.5. The van der Waals surface area contributed by atoms with Crippen molar-refractivity contribution in [3.8, 4) is 5.75 Å². The lowest BCUT2D eigenvalue weighted by atomic mass is 9.89. The number of sulfone groups is 1. The van der Waals surface area contributed by atoms with E-state index in [0.717, 1.165) is 30.3 Å². The average Bonchev–Trinajstić information content (AvgIpc) is 3.04. The second-order valence-corrected chi connectivity index (χ2v) is 10.7. The van der Waals surface area contributed by atoms with Gasteiger partial charge in [0.25, 0.3) is 11.8 Å². The van der Waals surface area contributed by atoms with E-state index in [0.29, 0.717) is 11.3 Å². The number of carbonyl (C=O) groups is 2. The highest BCUT2D eigenvalue weighted by Crippen LogP contribution is 2.36. The summed E-state index contributed by atoms with van der Waals surface area (Å²) in [7, 11) is -4.26. The van der Waals surface area contributed by atoms with Crippen molar-refractivity contribution in [1.29, 1.82) is 0 Å². The van der Waals surface area contributed by atoms with Crippen LogP contribution in [0.2, 0.25) is 0 Å². The summed E-state index contributed by atoms with van der Waals surface area (Å²) in [5.41, 5.74) is 4.14. The van der Waals surface area contributed by atoms with Crippen LogP contribution in [0.15, 0.2) is 39.4 Å². The van der Waals surface area contributed by atoms with Crippen LogP contribution in [-0.2, 0) is 14.6 Å². The predicted molar refractivity (Wildman–Crippen MR) is 106 cm³/mol. The van der Waals surface area contributed by atoms with E-state index in [1.54, 1.807) is 20.8 Å². The van der Waals surface area contributed by atoms with Gasteiger partial charge in [0.2, 0.25) is 9.84 Å². The van der Waals surface area contributed by atoms with Gasteiger partial charge in [-0.1, -0.05) is 20.8 Å². The second kappa shape index (κ2) is 8.48. The maximum Gasteiger partial charge on any atom is 0.573 e. The highest BCUT2D eigenvalue weighted by molar-refractivity contribution is 7.93. The van der Waals surface area contributed by atoms with Crippen molar-refractivity contribution in [3.63, 3.8) is 0 Å². The summed E-state index contributed by atoms with van der Waals surface area (Å²) >= 11 is 0.517. The molecule has 2 aromatic rings. The van der Waals surface area contributed by atoms with E-state index in [9.17, 15) is 36.3 Å². The molecule has 0 saturated carbocycles. The van der Waals surface area contributed by atoms with Gasteiger partial charge in [-0.05, 0) is 35.7 Å². The molecule has 0 aliphatic carbocycles. The molecule has 1 atom stereocenters. The Kier molecular flexibility index (Phi) is 6.73. The maximum absolute atomic E-state index is 12.8. The molecular formula is C18H19F3N2O6S2. The summed E-state index contributed by atoms with van der Waals surface area (Å²) in [4.78, 5) is 23.6. The Morgan fingerprint density at radius 3 is 2.16 bits per heavy atom. The van der Waals surface area contributed by atoms with E-state index >= 15 is 0 Å². The number of carbonyl (C=O) groups excluding carboxylic acids is 2. The van der Waals surface area contributed by atoms with Crippen molar-refractivity contribution in [2.75, 3.05) is 5.32 Å². The molecule has 13 heteroatoms. The summed E-state index contributed by atoms with van der Waals surface area (Å²) in [6.07, 6.45) is -6.40. The first-order valence-electron chi connectivity index (χ1n) is 8.56. The molecule has 31 heavy (non-hydrogen) atoms. The van der Waals surface area contributed by atoms with Crippen molar-refractivity contribution in [2.24, 2.45) is 11.1 Å². The minimum atomic E-state index is -4.94. The zero-order valence-corrected chi connectivity index (χ0v) is 18.1. The number of alkyl halides is 3. The lowest BCUT2D eigenvalue weighted by Gasteiger charge is -2.24. The van der Waals surface area contributed by atoms with Crippen molar-refractivity contribution in [1.82, 2.24) is 0 Å².